The van der Waals surface area contributed by atoms with Crippen molar-refractivity contribution in [3.05, 3.63) is 46.0 Å². The molecule has 1 aromatic carbocycles. The van der Waals surface area contributed by atoms with Crippen molar-refractivity contribution in [2.45, 2.75) is 13.3 Å². The van der Waals surface area contributed by atoms with E-state index in [0.717, 1.165) is 0 Å². The number of alkyl halides is 1. The fourth-order valence-corrected chi connectivity index (χ4v) is 1.88. The number of nitrogens with zero attached hydrogens (tertiary/aromatic N) is 2. The van der Waals surface area contributed by atoms with Crippen molar-refractivity contribution in [1.29, 1.82) is 0 Å². The summed E-state index contributed by atoms with van der Waals surface area (Å²) < 4.78 is 5.51. The molecule has 0 atom stereocenters. The molecule has 0 N–H and O–H groups in total. The topological polar surface area (TPSA) is 69.2 Å². The van der Waals surface area contributed by atoms with Crippen LogP contribution in [-0.4, -0.2) is 15.8 Å². The zero-order chi connectivity index (χ0) is 13.1. The van der Waals surface area contributed by atoms with Crippen LogP contribution >= 0.6 is 11.6 Å². The number of halogens is 1. The first kappa shape index (κ1) is 12.6. The Kier molecular flexibility index (Phi) is 3.62. The summed E-state index contributed by atoms with van der Waals surface area (Å²) in [7, 11) is 0. The van der Waals surface area contributed by atoms with Crippen molar-refractivity contribution < 1.29 is 9.34 Å². The van der Waals surface area contributed by atoms with E-state index in [9.17, 15) is 10.1 Å². The highest BCUT2D eigenvalue weighted by molar-refractivity contribution is 6.17. The lowest BCUT2D eigenvalue weighted by Crippen LogP contribution is -1.93. The molecule has 0 spiro atoms. The molecule has 0 saturated carbocycles. The van der Waals surface area contributed by atoms with Crippen LogP contribution in [0.4, 0.5) is 5.69 Å². The molecule has 6 heteroatoms. The first-order valence-electron chi connectivity index (χ1n) is 5.38. The summed E-state index contributed by atoms with van der Waals surface area (Å²) >= 11 is 5.60. The van der Waals surface area contributed by atoms with Gasteiger partial charge >= 0.3 is 0 Å². The van der Waals surface area contributed by atoms with Crippen molar-refractivity contribution in [3.8, 4) is 11.3 Å². The smallest absolute Gasteiger partial charge is 0.273 e. The highest BCUT2D eigenvalue weighted by atomic mass is 35.5. The van der Waals surface area contributed by atoms with Crippen LogP contribution in [0.5, 0.6) is 0 Å². The SMILES string of the molecule is Cc1c(-c2cnc(CCCl)o2)cccc1[N+](=O)[O-]. The molecule has 0 aliphatic rings. The molecule has 2 rings (SSSR count). The van der Waals surface area contributed by atoms with E-state index in [1.165, 1.54) is 6.07 Å². The lowest BCUT2D eigenvalue weighted by molar-refractivity contribution is -0.385. The van der Waals surface area contributed by atoms with Gasteiger partial charge in [-0.1, -0.05) is 12.1 Å². The molecular weight excluding hydrogens is 256 g/mol. The summed E-state index contributed by atoms with van der Waals surface area (Å²) in [6.07, 6.45) is 2.10. The zero-order valence-electron chi connectivity index (χ0n) is 9.72. The number of hydrogen-bond donors (Lipinski definition) is 0. The molecule has 0 saturated heterocycles. The zero-order valence-corrected chi connectivity index (χ0v) is 10.5. The predicted octanol–water partition coefficient (Wildman–Crippen LogP) is 3.34. The Morgan fingerprint density at radius 3 is 2.94 bits per heavy atom. The molecule has 0 unspecified atom stereocenters. The monoisotopic (exact) mass is 266 g/mol. The summed E-state index contributed by atoms with van der Waals surface area (Å²) in [5.74, 6) is 1.48. The van der Waals surface area contributed by atoms with E-state index >= 15 is 0 Å². The van der Waals surface area contributed by atoms with E-state index in [1.807, 2.05) is 0 Å². The number of rotatable bonds is 4. The molecule has 0 amide bonds. The average Bonchev–Trinajstić information content (AvgIpc) is 2.78. The van der Waals surface area contributed by atoms with Crippen LogP contribution in [0, 0.1) is 17.0 Å². The fourth-order valence-electron chi connectivity index (χ4n) is 1.72. The summed E-state index contributed by atoms with van der Waals surface area (Å²) in [6.45, 7) is 1.69. The van der Waals surface area contributed by atoms with Crippen LogP contribution in [0.2, 0.25) is 0 Å². The van der Waals surface area contributed by atoms with Crippen molar-refractivity contribution >= 4 is 17.3 Å². The number of oxazole rings is 1. The Morgan fingerprint density at radius 1 is 1.50 bits per heavy atom. The van der Waals surface area contributed by atoms with Gasteiger partial charge in [0, 0.05) is 29.5 Å². The second-order valence-electron chi connectivity index (χ2n) is 3.76. The Balaban J connectivity index is 2.43. The highest BCUT2D eigenvalue weighted by Gasteiger charge is 2.16. The van der Waals surface area contributed by atoms with Crippen molar-refractivity contribution in [2.24, 2.45) is 0 Å². The van der Waals surface area contributed by atoms with Crippen LogP contribution in [0.1, 0.15) is 11.5 Å². The number of nitro groups is 1. The number of hydrogen-bond acceptors (Lipinski definition) is 4. The van der Waals surface area contributed by atoms with Crippen molar-refractivity contribution in [3.63, 3.8) is 0 Å². The average molecular weight is 267 g/mol. The largest absolute Gasteiger partial charge is 0.441 e. The van der Waals surface area contributed by atoms with Gasteiger partial charge in [0.05, 0.1) is 11.1 Å². The standard InChI is InChI=1S/C12H11ClN2O3/c1-8-9(3-2-4-10(8)15(16)17)11-7-14-12(18-11)5-6-13/h2-4,7H,5-6H2,1H3. The second-order valence-corrected chi connectivity index (χ2v) is 4.14. The van der Waals surface area contributed by atoms with Gasteiger partial charge in [-0.3, -0.25) is 10.1 Å². The fraction of sp³-hybridized carbons (Fsp3) is 0.250. The molecule has 0 fully saturated rings. The molecule has 5 nitrogen and oxygen atoms in total. The minimum atomic E-state index is -0.408. The maximum Gasteiger partial charge on any atom is 0.273 e. The minimum absolute atomic E-state index is 0.0720. The lowest BCUT2D eigenvalue weighted by atomic mass is 10.1. The van der Waals surface area contributed by atoms with Gasteiger partial charge in [0.1, 0.15) is 0 Å². The maximum atomic E-state index is 10.9. The number of aryl methyl sites for hydroxylation is 1. The van der Waals surface area contributed by atoms with Gasteiger partial charge in [-0.2, -0.15) is 0 Å². The lowest BCUT2D eigenvalue weighted by Gasteiger charge is -2.02. The van der Waals surface area contributed by atoms with Crippen LogP contribution < -0.4 is 0 Å². The van der Waals surface area contributed by atoms with E-state index < -0.39 is 4.92 Å². The quantitative estimate of drug-likeness (QED) is 0.483. The van der Waals surface area contributed by atoms with Gasteiger partial charge in [-0.15, -0.1) is 11.6 Å². The number of nitro benzene ring substituents is 1. The van der Waals surface area contributed by atoms with Crippen molar-refractivity contribution in [2.75, 3.05) is 5.88 Å². The Bertz CT molecular complexity index is 580. The van der Waals surface area contributed by atoms with Gasteiger partial charge in [0.25, 0.3) is 5.69 Å². The molecule has 1 heterocycles. The van der Waals surface area contributed by atoms with E-state index in [1.54, 1.807) is 25.3 Å². The molecule has 18 heavy (non-hydrogen) atoms. The molecule has 0 aliphatic heterocycles. The third-order valence-corrected chi connectivity index (χ3v) is 2.82. The van der Waals surface area contributed by atoms with Crippen LogP contribution in [-0.2, 0) is 6.42 Å². The molecule has 0 radical (unpaired) electrons. The number of aromatic nitrogens is 1. The maximum absolute atomic E-state index is 10.9. The van der Waals surface area contributed by atoms with Gasteiger partial charge in [-0.05, 0) is 6.92 Å². The van der Waals surface area contributed by atoms with E-state index in [0.29, 0.717) is 35.1 Å². The van der Waals surface area contributed by atoms with E-state index in [4.69, 9.17) is 16.0 Å². The van der Waals surface area contributed by atoms with Crippen molar-refractivity contribution in [1.82, 2.24) is 4.98 Å². The first-order valence-corrected chi connectivity index (χ1v) is 5.92. The normalized spacial score (nSPS) is 10.6. The molecule has 2 aromatic rings. The molecule has 0 bridgehead atoms. The summed E-state index contributed by atoms with van der Waals surface area (Å²) in [5, 5.41) is 10.9. The predicted molar refractivity (Wildman–Crippen MR) is 67.8 cm³/mol. The highest BCUT2D eigenvalue weighted by Crippen LogP contribution is 2.30. The third-order valence-electron chi connectivity index (χ3n) is 2.63. The molecule has 1 aromatic heterocycles. The van der Waals surface area contributed by atoms with E-state index in [2.05, 4.69) is 4.98 Å². The minimum Gasteiger partial charge on any atom is -0.441 e. The molecule has 0 aliphatic carbocycles. The third kappa shape index (κ3) is 2.36. The summed E-state index contributed by atoms with van der Waals surface area (Å²) in [6, 6.07) is 4.87. The Morgan fingerprint density at radius 2 is 2.28 bits per heavy atom. The van der Waals surface area contributed by atoms with Crippen LogP contribution in [0.15, 0.2) is 28.8 Å². The Labute approximate surface area is 109 Å². The second kappa shape index (κ2) is 5.18. The first-order chi connectivity index (χ1) is 8.63. The number of benzene rings is 1. The summed E-state index contributed by atoms with van der Waals surface area (Å²) in [4.78, 5) is 14.5. The molecular formula is C12H11ClN2O3. The summed E-state index contributed by atoms with van der Waals surface area (Å²) in [5.41, 5.74) is 1.32. The van der Waals surface area contributed by atoms with Gasteiger partial charge in [-0.25, -0.2) is 4.98 Å². The van der Waals surface area contributed by atoms with E-state index in [-0.39, 0.29) is 5.69 Å². The Hall–Kier alpha value is -1.88. The van der Waals surface area contributed by atoms with Gasteiger partial charge in [0.2, 0.25) is 0 Å². The van der Waals surface area contributed by atoms with Gasteiger partial charge in [0.15, 0.2) is 11.7 Å². The van der Waals surface area contributed by atoms with Crippen LogP contribution in [0.25, 0.3) is 11.3 Å². The van der Waals surface area contributed by atoms with Gasteiger partial charge < -0.3 is 4.42 Å². The van der Waals surface area contributed by atoms with Crippen LogP contribution in [0.3, 0.4) is 0 Å². The molecule has 94 valence electrons.